The summed E-state index contributed by atoms with van der Waals surface area (Å²) in [5, 5.41) is 0. The summed E-state index contributed by atoms with van der Waals surface area (Å²) in [5.41, 5.74) is 0. The van der Waals surface area contributed by atoms with Crippen molar-refractivity contribution in [1.82, 2.24) is 0 Å². The maximum absolute atomic E-state index is 12.8. The van der Waals surface area contributed by atoms with Gasteiger partial charge in [-0.25, -0.2) is 0 Å². The minimum atomic E-state index is -2.86. The number of rotatable bonds is 1. The van der Waals surface area contributed by atoms with Crippen LogP contribution in [0, 0.1) is 18.3 Å². The molecule has 0 spiro atoms. The fraction of sp³-hybridized carbons (Fsp3) is 0.778. The zero-order chi connectivity index (χ0) is 8.32. The van der Waals surface area contributed by atoms with Crippen LogP contribution in [0.3, 0.4) is 0 Å². The van der Waals surface area contributed by atoms with Crippen LogP contribution in [0.2, 0.25) is 0 Å². The molecule has 0 heterocycles. The highest BCUT2D eigenvalue weighted by Gasteiger charge is 2.37. The molecule has 0 atom stereocenters. The molecular formula is C9H12F2. The molecule has 0 amide bonds. The Balaban J connectivity index is 2.52. The molecule has 0 nitrogen and oxygen atoms in total. The predicted molar refractivity (Wildman–Crippen MR) is 40.4 cm³/mol. The van der Waals surface area contributed by atoms with E-state index in [0.29, 0.717) is 12.8 Å². The molecule has 0 aromatic heterocycles. The minimum Gasteiger partial charge on any atom is -0.192 e. The zero-order valence-electron chi connectivity index (χ0n) is 6.45. The largest absolute Gasteiger partial charge is 0.310 e. The summed E-state index contributed by atoms with van der Waals surface area (Å²) in [6.07, 6.45) is 8.82. The van der Waals surface area contributed by atoms with Crippen molar-refractivity contribution in [3.63, 3.8) is 0 Å². The van der Waals surface area contributed by atoms with Gasteiger partial charge in [-0.3, -0.25) is 0 Å². The van der Waals surface area contributed by atoms with E-state index in [2.05, 4.69) is 0 Å². The lowest BCUT2D eigenvalue weighted by atomic mass is 9.85. The molecule has 0 saturated heterocycles. The fourth-order valence-electron chi connectivity index (χ4n) is 1.58. The van der Waals surface area contributed by atoms with Crippen molar-refractivity contribution >= 4 is 0 Å². The van der Waals surface area contributed by atoms with Crippen LogP contribution in [0.25, 0.3) is 0 Å². The number of hydrogen-bond acceptors (Lipinski definition) is 0. The van der Waals surface area contributed by atoms with Crippen molar-refractivity contribution in [2.45, 2.75) is 38.0 Å². The molecule has 1 aliphatic carbocycles. The highest BCUT2D eigenvalue weighted by Crippen LogP contribution is 2.35. The van der Waals surface area contributed by atoms with Crippen LogP contribution >= 0.6 is 0 Å². The molecule has 11 heavy (non-hydrogen) atoms. The highest BCUT2D eigenvalue weighted by molar-refractivity contribution is 5.04. The van der Waals surface area contributed by atoms with Gasteiger partial charge in [-0.15, -0.1) is 6.42 Å². The molecular weight excluding hydrogens is 146 g/mol. The fourth-order valence-corrected chi connectivity index (χ4v) is 1.58. The Morgan fingerprint density at radius 3 is 2.18 bits per heavy atom. The van der Waals surface area contributed by atoms with Crippen molar-refractivity contribution < 1.29 is 8.78 Å². The second kappa shape index (κ2) is 3.21. The summed E-state index contributed by atoms with van der Waals surface area (Å²) in [5.74, 6) is -1.84. The van der Waals surface area contributed by atoms with E-state index < -0.39 is 11.8 Å². The molecule has 0 N–H and O–H groups in total. The van der Waals surface area contributed by atoms with E-state index in [1.54, 1.807) is 5.92 Å². The molecule has 1 fully saturated rings. The SMILES string of the molecule is C#CC(F)(F)C1CCCCC1. The van der Waals surface area contributed by atoms with Crippen LogP contribution in [0.4, 0.5) is 8.78 Å². The lowest BCUT2D eigenvalue weighted by Crippen LogP contribution is -2.28. The monoisotopic (exact) mass is 158 g/mol. The first-order valence-electron chi connectivity index (χ1n) is 4.02. The van der Waals surface area contributed by atoms with E-state index in [0.717, 1.165) is 19.3 Å². The van der Waals surface area contributed by atoms with E-state index in [-0.39, 0.29) is 0 Å². The molecule has 1 rings (SSSR count). The first kappa shape index (κ1) is 8.52. The van der Waals surface area contributed by atoms with Crippen LogP contribution in [-0.4, -0.2) is 5.92 Å². The van der Waals surface area contributed by atoms with Gasteiger partial charge in [0.25, 0.3) is 0 Å². The number of terminal acetylenes is 1. The van der Waals surface area contributed by atoms with Gasteiger partial charge in [0.15, 0.2) is 0 Å². The molecule has 0 aliphatic heterocycles. The molecule has 62 valence electrons. The van der Waals surface area contributed by atoms with Gasteiger partial charge in [0.1, 0.15) is 0 Å². The Morgan fingerprint density at radius 2 is 1.73 bits per heavy atom. The van der Waals surface area contributed by atoms with Gasteiger partial charge in [0.2, 0.25) is 0 Å². The second-order valence-electron chi connectivity index (χ2n) is 3.10. The third-order valence-corrected chi connectivity index (χ3v) is 2.31. The summed E-state index contributed by atoms with van der Waals surface area (Å²) >= 11 is 0. The van der Waals surface area contributed by atoms with E-state index >= 15 is 0 Å². The van der Waals surface area contributed by atoms with E-state index in [9.17, 15) is 8.78 Å². The summed E-state index contributed by atoms with van der Waals surface area (Å²) in [6.45, 7) is 0. The van der Waals surface area contributed by atoms with Crippen molar-refractivity contribution in [2.24, 2.45) is 5.92 Å². The topological polar surface area (TPSA) is 0 Å². The molecule has 0 bridgehead atoms. The molecule has 0 unspecified atom stereocenters. The van der Waals surface area contributed by atoms with Crippen LogP contribution in [-0.2, 0) is 0 Å². The van der Waals surface area contributed by atoms with Gasteiger partial charge in [-0.2, -0.15) is 8.78 Å². The first-order chi connectivity index (χ1) is 5.17. The average Bonchev–Trinajstić information content (AvgIpc) is 2.06. The quantitative estimate of drug-likeness (QED) is 0.515. The number of halogens is 2. The molecule has 0 radical (unpaired) electrons. The number of hydrogen-bond donors (Lipinski definition) is 0. The lowest BCUT2D eigenvalue weighted by Gasteiger charge is -2.25. The van der Waals surface area contributed by atoms with Gasteiger partial charge in [0.05, 0.1) is 0 Å². The van der Waals surface area contributed by atoms with Crippen molar-refractivity contribution in [1.29, 1.82) is 0 Å². The van der Waals surface area contributed by atoms with Crippen LogP contribution < -0.4 is 0 Å². The third-order valence-electron chi connectivity index (χ3n) is 2.31. The zero-order valence-corrected chi connectivity index (χ0v) is 6.45. The molecule has 1 aliphatic rings. The van der Waals surface area contributed by atoms with Crippen LogP contribution in [0.1, 0.15) is 32.1 Å². The third kappa shape index (κ3) is 1.92. The Morgan fingerprint density at radius 1 is 1.18 bits per heavy atom. The highest BCUT2D eigenvalue weighted by atomic mass is 19.3. The van der Waals surface area contributed by atoms with Gasteiger partial charge < -0.3 is 0 Å². The Bertz CT molecular complexity index is 161. The molecule has 0 aromatic rings. The van der Waals surface area contributed by atoms with E-state index in [4.69, 9.17) is 6.42 Å². The Hall–Kier alpha value is -0.580. The van der Waals surface area contributed by atoms with E-state index in [1.807, 2.05) is 0 Å². The predicted octanol–water partition coefficient (Wildman–Crippen LogP) is 2.84. The maximum Gasteiger partial charge on any atom is 0.310 e. The van der Waals surface area contributed by atoms with Crippen molar-refractivity contribution in [3.8, 4) is 12.3 Å². The lowest BCUT2D eigenvalue weighted by molar-refractivity contribution is -0.0145. The summed E-state index contributed by atoms with van der Waals surface area (Å²) in [7, 11) is 0. The van der Waals surface area contributed by atoms with Gasteiger partial charge in [-0.1, -0.05) is 19.3 Å². The van der Waals surface area contributed by atoms with Crippen LogP contribution in [0.5, 0.6) is 0 Å². The van der Waals surface area contributed by atoms with E-state index in [1.165, 1.54) is 0 Å². The summed E-state index contributed by atoms with van der Waals surface area (Å²) in [4.78, 5) is 0. The first-order valence-corrected chi connectivity index (χ1v) is 4.02. The Kier molecular flexibility index (Phi) is 2.49. The maximum atomic E-state index is 12.8. The van der Waals surface area contributed by atoms with Gasteiger partial charge >= 0.3 is 5.92 Å². The Labute approximate surface area is 66.0 Å². The normalized spacial score (nSPS) is 21.2. The number of alkyl halides is 2. The van der Waals surface area contributed by atoms with Crippen molar-refractivity contribution in [3.05, 3.63) is 0 Å². The summed E-state index contributed by atoms with van der Waals surface area (Å²) < 4.78 is 25.6. The minimum absolute atomic E-state index is 0.554. The molecule has 0 aromatic carbocycles. The van der Waals surface area contributed by atoms with Gasteiger partial charge in [-0.05, 0) is 18.8 Å². The van der Waals surface area contributed by atoms with Gasteiger partial charge in [0, 0.05) is 5.92 Å². The standard InChI is InChI=1S/C9H12F2/c1-2-9(10,11)8-6-4-3-5-7-8/h1,8H,3-7H2. The second-order valence-corrected chi connectivity index (χ2v) is 3.10. The average molecular weight is 158 g/mol. The summed E-state index contributed by atoms with van der Waals surface area (Å²) in [6, 6.07) is 0. The van der Waals surface area contributed by atoms with Crippen molar-refractivity contribution in [2.75, 3.05) is 0 Å². The molecule has 2 heteroatoms. The van der Waals surface area contributed by atoms with Crippen LogP contribution in [0.15, 0.2) is 0 Å². The molecule has 1 saturated carbocycles. The smallest absolute Gasteiger partial charge is 0.192 e.